The van der Waals surface area contributed by atoms with Crippen molar-refractivity contribution in [1.82, 2.24) is 15.2 Å². The average Bonchev–Trinajstić information content (AvgIpc) is 3.28. The summed E-state index contributed by atoms with van der Waals surface area (Å²) in [5.41, 5.74) is 9.86. The van der Waals surface area contributed by atoms with Crippen molar-refractivity contribution in [3.63, 3.8) is 0 Å². The van der Waals surface area contributed by atoms with Gasteiger partial charge >= 0.3 is 0 Å². The van der Waals surface area contributed by atoms with Crippen molar-refractivity contribution in [2.45, 2.75) is 13.0 Å². The quantitative estimate of drug-likeness (QED) is 0.191. The molecule has 2 amide bonds. The predicted octanol–water partition coefficient (Wildman–Crippen LogP) is 2.01. The fraction of sp³-hybridized carbons (Fsp3) is 0.269. The number of amides is 2. The van der Waals surface area contributed by atoms with E-state index in [1.165, 1.54) is 0 Å². The number of guanidine groups is 1. The van der Waals surface area contributed by atoms with E-state index in [0.29, 0.717) is 31.7 Å². The lowest BCUT2D eigenvalue weighted by Gasteiger charge is -2.14. The lowest BCUT2D eigenvalue weighted by molar-refractivity contribution is -0.120. The molecule has 3 aromatic rings. The van der Waals surface area contributed by atoms with Gasteiger partial charge in [0, 0.05) is 43.8 Å². The van der Waals surface area contributed by atoms with Crippen LogP contribution in [0.1, 0.15) is 16.8 Å². The number of benzene rings is 2. The summed E-state index contributed by atoms with van der Waals surface area (Å²) < 4.78 is 6.86. The molecule has 0 fully saturated rings. The number of carbonyl (C=O) groups excluding carboxylic acids is 2. The molecule has 0 radical (unpaired) electrons. The van der Waals surface area contributed by atoms with E-state index in [9.17, 15) is 9.59 Å². The summed E-state index contributed by atoms with van der Waals surface area (Å²) >= 11 is 0. The summed E-state index contributed by atoms with van der Waals surface area (Å²) in [5, 5.41) is 14.3. The molecule has 184 valence electrons. The Kier molecular flexibility index (Phi) is 9.58. The third kappa shape index (κ3) is 7.26. The van der Waals surface area contributed by atoms with Gasteiger partial charge in [0.2, 0.25) is 5.91 Å². The molecule has 0 atom stereocenters. The first-order valence-electron chi connectivity index (χ1n) is 11.4. The van der Waals surface area contributed by atoms with E-state index in [2.05, 4.69) is 15.6 Å². The Morgan fingerprint density at radius 3 is 2.29 bits per heavy atom. The zero-order valence-corrected chi connectivity index (χ0v) is 19.7. The van der Waals surface area contributed by atoms with Crippen LogP contribution in [0.5, 0.6) is 0 Å². The maximum absolute atomic E-state index is 12.8. The molecule has 0 aliphatic carbocycles. The molecule has 2 aromatic carbocycles. The van der Waals surface area contributed by atoms with Gasteiger partial charge in [0.1, 0.15) is 6.54 Å². The molecular formula is C26H31N5O4. The molecule has 5 N–H and O–H groups in total. The minimum absolute atomic E-state index is 0.00545. The van der Waals surface area contributed by atoms with Crippen molar-refractivity contribution in [3.8, 4) is 22.5 Å². The maximum Gasteiger partial charge on any atom is 0.251 e. The normalized spacial score (nSPS) is 11.3. The number of nitrogens with one attached hydrogen (secondary N) is 2. The van der Waals surface area contributed by atoms with Crippen LogP contribution in [0.25, 0.3) is 22.5 Å². The number of hydrogen-bond acceptors (Lipinski definition) is 5. The third-order valence-corrected chi connectivity index (χ3v) is 5.25. The van der Waals surface area contributed by atoms with Crippen molar-refractivity contribution in [2.24, 2.45) is 10.7 Å². The Morgan fingerprint density at radius 1 is 1.00 bits per heavy atom. The molecule has 0 aliphatic rings. The molecule has 1 aromatic heterocycles. The minimum atomic E-state index is -0.320. The smallest absolute Gasteiger partial charge is 0.251 e. The number of methoxy groups -OCH3 is 1. The zero-order valence-electron chi connectivity index (χ0n) is 19.7. The fourth-order valence-electron chi connectivity index (χ4n) is 3.55. The van der Waals surface area contributed by atoms with Crippen molar-refractivity contribution >= 4 is 17.8 Å². The molecular weight excluding hydrogens is 446 g/mol. The second kappa shape index (κ2) is 13.1. The van der Waals surface area contributed by atoms with Crippen LogP contribution in [0.4, 0.5) is 0 Å². The van der Waals surface area contributed by atoms with Crippen LogP contribution >= 0.6 is 0 Å². The largest absolute Gasteiger partial charge is 0.396 e. The van der Waals surface area contributed by atoms with Gasteiger partial charge < -0.3 is 25.5 Å². The van der Waals surface area contributed by atoms with Gasteiger partial charge in [-0.15, -0.1) is 0 Å². The summed E-state index contributed by atoms with van der Waals surface area (Å²) in [4.78, 5) is 29.1. The summed E-state index contributed by atoms with van der Waals surface area (Å²) in [6.45, 7) is 1.23. The molecule has 9 heteroatoms. The molecule has 0 unspecified atom stereocenters. The van der Waals surface area contributed by atoms with E-state index in [0.717, 1.165) is 22.5 Å². The molecule has 0 aliphatic heterocycles. The summed E-state index contributed by atoms with van der Waals surface area (Å²) in [7, 11) is 1.58. The van der Waals surface area contributed by atoms with Gasteiger partial charge in [-0.25, -0.2) is 0 Å². The Morgan fingerprint density at radius 2 is 1.66 bits per heavy atom. The second-order valence-electron chi connectivity index (χ2n) is 7.77. The highest BCUT2D eigenvalue weighted by Gasteiger charge is 2.16. The fourth-order valence-corrected chi connectivity index (χ4v) is 3.55. The Hall–Kier alpha value is -3.95. The molecule has 0 bridgehead atoms. The van der Waals surface area contributed by atoms with Crippen LogP contribution < -0.4 is 16.4 Å². The number of ether oxygens (including phenoxy) is 1. The van der Waals surface area contributed by atoms with Crippen LogP contribution in [0.3, 0.4) is 0 Å². The molecule has 9 nitrogen and oxygen atoms in total. The first-order valence-corrected chi connectivity index (χ1v) is 11.4. The zero-order chi connectivity index (χ0) is 25.0. The number of rotatable bonds is 11. The van der Waals surface area contributed by atoms with Crippen LogP contribution in [0, 0.1) is 0 Å². The number of aliphatic hydroxyl groups excluding tert-OH is 1. The highest BCUT2D eigenvalue weighted by atomic mass is 16.5. The number of nitrogens with zero attached hydrogens (tertiary/aromatic N) is 2. The number of nitrogens with two attached hydrogens (primary N) is 1. The van der Waals surface area contributed by atoms with Gasteiger partial charge in [0.05, 0.1) is 6.61 Å². The minimum Gasteiger partial charge on any atom is -0.396 e. The van der Waals surface area contributed by atoms with Crippen LogP contribution in [-0.2, 0) is 16.1 Å². The Labute approximate surface area is 204 Å². The molecule has 3 rings (SSSR count). The number of hydrogen-bond donors (Lipinski definition) is 4. The van der Waals surface area contributed by atoms with Crippen molar-refractivity contribution in [1.29, 1.82) is 0 Å². The first kappa shape index (κ1) is 25.7. The van der Waals surface area contributed by atoms with Gasteiger partial charge in [-0.2, -0.15) is 0 Å². The molecule has 0 spiro atoms. The van der Waals surface area contributed by atoms with Gasteiger partial charge in [0.15, 0.2) is 5.96 Å². The van der Waals surface area contributed by atoms with E-state index in [4.69, 9.17) is 15.6 Å². The number of aromatic nitrogens is 1. The topological polar surface area (TPSA) is 131 Å². The van der Waals surface area contributed by atoms with Crippen molar-refractivity contribution in [3.05, 3.63) is 72.3 Å². The molecule has 35 heavy (non-hydrogen) atoms. The molecule has 1 heterocycles. The molecule has 0 saturated carbocycles. The van der Waals surface area contributed by atoms with Crippen LogP contribution in [0.2, 0.25) is 0 Å². The second-order valence-corrected chi connectivity index (χ2v) is 7.77. The summed E-state index contributed by atoms with van der Waals surface area (Å²) in [6.07, 6.45) is 0.469. The maximum atomic E-state index is 12.8. The number of aliphatic hydroxyl groups is 1. The van der Waals surface area contributed by atoms with Gasteiger partial charge in [0.25, 0.3) is 5.91 Å². The SMILES string of the molecule is COCCNC(=O)c1ccc(-c2ccc(-c3ccccc3)n2CC(=O)NC(N)=NCCCO)cc1. The molecule has 0 saturated heterocycles. The van der Waals surface area contributed by atoms with E-state index < -0.39 is 0 Å². The van der Waals surface area contributed by atoms with E-state index in [1.807, 2.05) is 59.2 Å². The van der Waals surface area contributed by atoms with Crippen LogP contribution in [-0.4, -0.2) is 60.9 Å². The van der Waals surface area contributed by atoms with E-state index >= 15 is 0 Å². The number of carbonyl (C=O) groups is 2. The van der Waals surface area contributed by atoms with Crippen LogP contribution in [0.15, 0.2) is 71.7 Å². The standard InChI is InChI=1S/C26H31N5O4/c1-35-17-15-28-25(34)21-10-8-20(9-11-21)23-13-12-22(19-6-3-2-4-7-19)31(23)18-24(33)30-26(27)29-14-5-16-32/h2-4,6-13,32H,5,14-18H2,1H3,(H,28,34)(H3,27,29,30,33). The Bertz CT molecular complexity index is 1140. The highest BCUT2D eigenvalue weighted by molar-refractivity contribution is 5.96. The summed E-state index contributed by atoms with van der Waals surface area (Å²) in [5.74, 6) is -0.481. The lowest BCUT2D eigenvalue weighted by atomic mass is 10.1. The van der Waals surface area contributed by atoms with Gasteiger partial charge in [-0.3, -0.25) is 19.9 Å². The van der Waals surface area contributed by atoms with E-state index in [1.54, 1.807) is 19.2 Å². The monoisotopic (exact) mass is 477 g/mol. The third-order valence-electron chi connectivity index (χ3n) is 5.25. The Balaban J connectivity index is 1.85. The summed E-state index contributed by atoms with van der Waals surface area (Å²) in [6, 6.07) is 20.9. The average molecular weight is 478 g/mol. The van der Waals surface area contributed by atoms with Crippen molar-refractivity contribution < 1.29 is 19.4 Å². The predicted molar refractivity (Wildman–Crippen MR) is 136 cm³/mol. The van der Waals surface area contributed by atoms with Crippen molar-refractivity contribution in [2.75, 3.05) is 33.4 Å². The lowest BCUT2D eigenvalue weighted by Crippen LogP contribution is -2.39. The first-order chi connectivity index (χ1) is 17.0. The van der Waals surface area contributed by atoms with Gasteiger partial charge in [-0.05, 0) is 41.8 Å². The highest BCUT2D eigenvalue weighted by Crippen LogP contribution is 2.29. The number of aliphatic imine (C=N–C) groups is 1. The van der Waals surface area contributed by atoms with Gasteiger partial charge in [-0.1, -0.05) is 42.5 Å². The van der Waals surface area contributed by atoms with E-state index in [-0.39, 0.29) is 30.9 Å².